The highest BCUT2D eigenvalue weighted by Crippen LogP contribution is 2.28. The number of aromatic nitrogens is 1. The molecule has 110 valence electrons. The van der Waals surface area contributed by atoms with Gasteiger partial charge in [-0.15, -0.1) is 0 Å². The van der Waals surface area contributed by atoms with Crippen LogP contribution >= 0.6 is 0 Å². The fourth-order valence-corrected chi connectivity index (χ4v) is 2.35. The van der Waals surface area contributed by atoms with Gasteiger partial charge in [-0.2, -0.15) is 13.2 Å². The van der Waals surface area contributed by atoms with Crippen LogP contribution in [0.25, 0.3) is 0 Å². The van der Waals surface area contributed by atoms with Crippen LogP contribution in [-0.4, -0.2) is 34.4 Å². The fraction of sp³-hybridized carbons (Fsp3) is 0.538. The second-order valence-electron chi connectivity index (χ2n) is 5.06. The Morgan fingerprint density at radius 3 is 2.65 bits per heavy atom. The number of hydrogen-bond acceptors (Lipinski definition) is 3. The van der Waals surface area contributed by atoms with Crippen LogP contribution in [0.1, 0.15) is 35.8 Å². The molecule has 2 unspecified atom stereocenters. The van der Waals surface area contributed by atoms with Gasteiger partial charge < -0.3 is 10.6 Å². The lowest BCUT2D eigenvalue weighted by molar-refractivity contribution is -0.137. The smallest absolute Gasteiger partial charge is 0.334 e. The van der Waals surface area contributed by atoms with Crippen molar-refractivity contribution in [3.05, 3.63) is 29.6 Å². The summed E-state index contributed by atoms with van der Waals surface area (Å²) in [4.78, 5) is 17.5. The maximum atomic E-state index is 12.4. The summed E-state index contributed by atoms with van der Waals surface area (Å²) in [5.41, 5.74) is 4.98. The van der Waals surface area contributed by atoms with Crippen LogP contribution in [0.2, 0.25) is 0 Å². The van der Waals surface area contributed by atoms with E-state index in [-0.39, 0.29) is 23.7 Å². The molecule has 2 rings (SSSR count). The normalized spacial score (nSPS) is 23.8. The zero-order valence-electron chi connectivity index (χ0n) is 11.0. The van der Waals surface area contributed by atoms with Gasteiger partial charge in [0.1, 0.15) is 5.69 Å². The third kappa shape index (κ3) is 3.09. The molecule has 1 amide bonds. The Kier molecular flexibility index (Phi) is 3.99. The zero-order chi connectivity index (χ0) is 14.9. The van der Waals surface area contributed by atoms with Gasteiger partial charge in [0.15, 0.2) is 0 Å². The van der Waals surface area contributed by atoms with Crippen molar-refractivity contribution in [3.8, 4) is 0 Å². The van der Waals surface area contributed by atoms with E-state index >= 15 is 0 Å². The Labute approximate surface area is 114 Å². The van der Waals surface area contributed by atoms with E-state index in [0.29, 0.717) is 25.6 Å². The standard InChI is InChI=1S/C13H16F3N3O/c1-8-6-10(17)4-5-19(8)12(20)11-3-2-9(7-18-11)13(14,15)16/h2-3,7-8,10H,4-6,17H2,1H3. The molecule has 2 heterocycles. The van der Waals surface area contributed by atoms with Crippen molar-refractivity contribution in [2.75, 3.05) is 6.54 Å². The Morgan fingerprint density at radius 2 is 2.15 bits per heavy atom. The molecule has 0 aromatic carbocycles. The number of nitrogens with two attached hydrogens (primary N) is 1. The Morgan fingerprint density at radius 1 is 1.45 bits per heavy atom. The minimum Gasteiger partial charge on any atom is -0.334 e. The number of carbonyl (C=O) groups excluding carboxylic acids is 1. The number of piperidine rings is 1. The van der Waals surface area contributed by atoms with Crippen molar-refractivity contribution in [2.45, 2.75) is 38.0 Å². The number of alkyl halides is 3. The summed E-state index contributed by atoms with van der Waals surface area (Å²) in [6.07, 6.45) is -2.38. The van der Waals surface area contributed by atoms with E-state index < -0.39 is 11.7 Å². The molecule has 20 heavy (non-hydrogen) atoms. The Hall–Kier alpha value is -1.63. The molecule has 1 fully saturated rings. The van der Waals surface area contributed by atoms with E-state index in [1.165, 1.54) is 0 Å². The number of halogens is 3. The zero-order valence-corrected chi connectivity index (χ0v) is 11.0. The molecule has 0 aliphatic carbocycles. The van der Waals surface area contributed by atoms with Gasteiger partial charge in [-0.3, -0.25) is 9.78 Å². The average Bonchev–Trinajstić information content (AvgIpc) is 2.37. The van der Waals surface area contributed by atoms with Gasteiger partial charge in [0.05, 0.1) is 5.56 Å². The van der Waals surface area contributed by atoms with Gasteiger partial charge in [-0.1, -0.05) is 0 Å². The predicted molar refractivity (Wildman–Crippen MR) is 66.9 cm³/mol. The number of amides is 1. The van der Waals surface area contributed by atoms with Crippen LogP contribution in [0.4, 0.5) is 13.2 Å². The summed E-state index contributed by atoms with van der Waals surface area (Å²) in [5.74, 6) is -0.349. The summed E-state index contributed by atoms with van der Waals surface area (Å²) < 4.78 is 37.3. The summed E-state index contributed by atoms with van der Waals surface area (Å²) >= 11 is 0. The molecule has 1 aliphatic rings. The van der Waals surface area contributed by atoms with Gasteiger partial charge in [0.25, 0.3) is 5.91 Å². The molecule has 0 spiro atoms. The summed E-state index contributed by atoms with van der Waals surface area (Å²) in [7, 11) is 0. The Balaban J connectivity index is 2.13. The van der Waals surface area contributed by atoms with Gasteiger partial charge in [0.2, 0.25) is 0 Å². The van der Waals surface area contributed by atoms with Crippen LogP contribution in [-0.2, 0) is 6.18 Å². The van der Waals surface area contributed by atoms with Crippen molar-refractivity contribution in [1.29, 1.82) is 0 Å². The lowest BCUT2D eigenvalue weighted by Crippen LogP contribution is -2.48. The van der Waals surface area contributed by atoms with E-state index in [1.807, 2.05) is 6.92 Å². The SMILES string of the molecule is CC1CC(N)CCN1C(=O)c1ccc(C(F)(F)F)cn1. The van der Waals surface area contributed by atoms with Crippen LogP contribution in [0.3, 0.4) is 0 Å². The molecule has 1 aliphatic heterocycles. The highest BCUT2D eigenvalue weighted by Gasteiger charge is 2.32. The van der Waals surface area contributed by atoms with Crippen molar-refractivity contribution in [1.82, 2.24) is 9.88 Å². The number of hydrogen-bond donors (Lipinski definition) is 1. The lowest BCUT2D eigenvalue weighted by Gasteiger charge is -2.36. The molecule has 2 atom stereocenters. The Bertz CT molecular complexity index is 487. The summed E-state index contributed by atoms with van der Waals surface area (Å²) in [6, 6.07) is 2.03. The molecular formula is C13H16F3N3O. The molecule has 0 saturated carbocycles. The van der Waals surface area contributed by atoms with E-state index in [0.717, 1.165) is 12.1 Å². The first-order chi connectivity index (χ1) is 9.29. The quantitative estimate of drug-likeness (QED) is 0.860. The molecule has 0 radical (unpaired) electrons. The first-order valence-electron chi connectivity index (χ1n) is 6.39. The second-order valence-corrected chi connectivity index (χ2v) is 5.06. The summed E-state index contributed by atoms with van der Waals surface area (Å²) in [5, 5.41) is 0. The van der Waals surface area contributed by atoms with Crippen molar-refractivity contribution >= 4 is 5.91 Å². The maximum Gasteiger partial charge on any atom is 0.417 e. The molecule has 1 aromatic rings. The second kappa shape index (κ2) is 5.40. The number of rotatable bonds is 1. The van der Waals surface area contributed by atoms with Crippen LogP contribution in [0, 0.1) is 0 Å². The van der Waals surface area contributed by atoms with Crippen LogP contribution in [0.15, 0.2) is 18.3 Å². The van der Waals surface area contributed by atoms with E-state index in [2.05, 4.69) is 4.98 Å². The minimum atomic E-state index is -4.44. The molecule has 4 nitrogen and oxygen atoms in total. The highest BCUT2D eigenvalue weighted by molar-refractivity contribution is 5.92. The van der Waals surface area contributed by atoms with Gasteiger partial charge in [0, 0.05) is 24.8 Å². The van der Waals surface area contributed by atoms with E-state index in [1.54, 1.807) is 4.90 Å². The molecular weight excluding hydrogens is 271 g/mol. The predicted octanol–water partition coefficient (Wildman–Crippen LogP) is 2.05. The van der Waals surface area contributed by atoms with E-state index in [9.17, 15) is 18.0 Å². The molecule has 1 saturated heterocycles. The van der Waals surface area contributed by atoms with Crippen LogP contribution in [0.5, 0.6) is 0 Å². The van der Waals surface area contributed by atoms with Gasteiger partial charge in [-0.25, -0.2) is 0 Å². The average molecular weight is 287 g/mol. The molecule has 2 N–H and O–H groups in total. The van der Waals surface area contributed by atoms with Gasteiger partial charge in [-0.05, 0) is 31.9 Å². The first-order valence-corrected chi connectivity index (χ1v) is 6.39. The fourth-order valence-electron chi connectivity index (χ4n) is 2.35. The third-order valence-electron chi connectivity index (χ3n) is 3.49. The van der Waals surface area contributed by atoms with Crippen molar-refractivity contribution in [2.24, 2.45) is 5.73 Å². The first kappa shape index (κ1) is 14.8. The third-order valence-corrected chi connectivity index (χ3v) is 3.49. The van der Waals surface area contributed by atoms with Crippen LogP contribution < -0.4 is 5.73 Å². The molecule has 1 aromatic heterocycles. The topological polar surface area (TPSA) is 59.2 Å². The summed E-state index contributed by atoms with van der Waals surface area (Å²) in [6.45, 7) is 2.38. The number of pyridine rings is 1. The lowest BCUT2D eigenvalue weighted by atomic mass is 9.99. The molecule has 0 bridgehead atoms. The largest absolute Gasteiger partial charge is 0.417 e. The van der Waals surface area contributed by atoms with E-state index in [4.69, 9.17) is 5.73 Å². The number of carbonyl (C=O) groups is 1. The maximum absolute atomic E-state index is 12.4. The number of likely N-dealkylation sites (tertiary alicyclic amines) is 1. The number of nitrogens with zero attached hydrogens (tertiary/aromatic N) is 2. The molecule has 7 heteroatoms. The minimum absolute atomic E-state index is 0.0281. The van der Waals surface area contributed by atoms with Gasteiger partial charge >= 0.3 is 6.18 Å². The van der Waals surface area contributed by atoms with Crippen molar-refractivity contribution < 1.29 is 18.0 Å². The monoisotopic (exact) mass is 287 g/mol. The highest BCUT2D eigenvalue weighted by atomic mass is 19.4. The van der Waals surface area contributed by atoms with Crippen molar-refractivity contribution in [3.63, 3.8) is 0 Å².